The number of hydrogen-bond acceptors (Lipinski definition) is 3. The summed E-state index contributed by atoms with van der Waals surface area (Å²) in [5, 5.41) is 0. The molecule has 0 amide bonds. The van der Waals surface area contributed by atoms with E-state index in [9.17, 15) is 18.0 Å². The Morgan fingerprint density at radius 2 is 1.86 bits per heavy atom. The molecule has 1 saturated heterocycles. The molecule has 1 aromatic rings. The molecule has 2 rings (SSSR count). The highest BCUT2D eigenvalue weighted by atomic mass is 19.4. The van der Waals surface area contributed by atoms with Crippen molar-refractivity contribution in [2.45, 2.75) is 38.1 Å². The van der Waals surface area contributed by atoms with E-state index in [1.807, 2.05) is 0 Å². The van der Waals surface area contributed by atoms with Crippen LogP contribution in [0.2, 0.25) is 0 Å². The summed E-state index contributed by atoms with van der Waals surface area (Å²) in [6.07, 6.45) is -4.51. The van der Waals surface area contributed by atoms with Gasteiger partial charge >= 0.3 is 12.1 Å². The lowest BCUT2D eigenvalue weighted by Gasteiger charge is -2.21. The molecule has 21 heavy (non-hydrogen) atoms. The van der Waals surface area contributed by atoms with Gasteiger partial charge < -0.3 is 9.47 Å². The van der Waals surface area contributed by atoms with E-state index in [2.05, 4.69) is 0 Å². The van der Waals surface area contributed by atoms with Crippen LogP contribution in [0.15, 0.2) is 24.3 Å². The van der Waals surface area contributed by atoms with Crippen molar-refractivity contribution in [1.29, 1.82) is 0 Å². The van der Waals surface area contributed by atoms with E-state index in [0.29, 0.717) is 0 Å². The molecule has 0 aromatic heterocycles. The van der Waals surface area contributed by atoms with Crippen molar-refractivity contribution in [3.63, 3.8) is 0 Å². The van der Waals surface area contributed by atoms with E-state index in [0.717, 1.165) is 6.07 Å². The zero-order valence-corrected chi connectivity index (χ0v) is 12.2. The van der Waals surface area contributed by atoms with Gasteiger partial charge in [0.05, 0.1) is 12.7 Å². The number of methoxy groups -OCH3 is 1. The Hall–Kier alpha value is -1.56. The second-order valence-corrected chi connectivity index (χ2v) is 5.56. The van der Waals surface area contributed by atoms with Gasteiger partial charge in [-0.05, 0) is 24.5 Å². The number of epoxide rings is 1. The monoisotopic (exact) mass is 302 g/mol. The molecule has 3 nitrogen and oxygen atoms in total. The van der Waals surface area contributed by atoms with Gasteiger partial charge in [-0.25, -0.2) is 4.79 Å². The highest BCUT2D eigenvalue weighted by Crippen LogP contribution is 2.61. The fourth-order valence-electron chi connectivity index (χ4n) is 2.99. The first-order chi connectivity index (χ1) is 9.61. The third-order valence-corrected chi connectivity index (χ3v) is 4.08. The second kappa shape index (κ2) is 4.73. The Morgan fingerprint density at radius 3 is 2.33 bits per heavy atom. The summed E-state index contributed by atoms with van der Waals surface area (Å²) in [4.78, 5) is 12.1. The average Bonchev–Trinajstić information content (AvgIpc) is 3.06. The Kier molecular flexibility index (Phi) is 3.56. The molecule has 1 aromatic carbocycles. The minimum absolute atomic E-state index is 0.0448. The minimum atomic E-state index is -4.51. The van der Waals surface area contributed by atoms with Crippen LogP contribution < -0.4 is 0 Å². The van der Waals surface area contributed by atoms with Crippen LogP contribution in [0.4, 0.5) is 13.2 Å². The quantitative estimate of drug-likeness (QED) is 0.633. The molecule has 0 aliphatic carbocycles. The number of carbonyl (C=O) groups is 1. The van der Waals surface area contributed by atoms with Crippen LogP contribution in [0, 0.1) is 5.92 Å². The number of halogens is 3. The molecule has 0 radical (unpaired) electrons. The minimum Gasteiger partial charge on any atom is -0.467 e. The summed E-state index contributed by atoms with van der Waals surface area (Å²) >= 11 is 0. The first-order valence-corrected chi connectivity index (χ1v) is 6.56. The molecular weight excluding hydrogens is 285 g/mol. The Labute approximate surface area is 121 Å². The molecule has 2 unspecified atom stereocenters. The molecule has 1 aliphatic rings. The van der Waals surface area contributed by atoms with Gasteiger partial charge in [0.2, 0.25) is 5.60 Å². The number of carbonyl (C=O) groups excluding carboxylic acids is 1. The molecule has 1 heterocycles. The standard InChI is InChI=1S/C15H17F3O3/c1-9(2)14(12(19)20-4)13(3,21-14)10-7-5-6-8-11(10)15(16,17)18/h5-9H,1-4H3. The predicted molar refractivity (Wildman–Crippen MR) is 69.5 cm³/mol. The van der Waals surface area contributed by atoms with Crippen molar-refractivity contribution in [3.05, 3.63) is 35.4 Å². The molecule has 116 valence electrons. The van der Waals surface area contributed by atoms with Crippen LogP contribution >= 0.6 is 0 Å². The molecular formula is C15H17F3O3. The van der Waals surface area contributed by atoms with E-state index in [-0.39, 0.29) is 11.5 Å². The van der Waals surface area contributed by atoms with Crippen LogP contribution in [0.1, 0.15) is 31.9 Å². The summed E-state index contributed by atoms with van der Waals surface area (Å²) < 4.78 is 49.8. The predicted octanol–water partition coefficient (Wildman–Crippen LogP) is 3.52. The summed E-state index contributed by atoms with van der Waals surface area (Å²) in [5.74, 6) is -0.979. The third kappa shape index (κ3) is 2.12. The molecule has 2 atom stereocenters. The number of hydrogen-bond donors (Lipinski definition) is 0. The largest absolute Gasteiger partial charge is 0.467 e. The van der Waals surface area contributed by atoms with Gasteiger partial charge in [0.25, 0.3) is 0 Å². The maximum atomic E-state index is 13.2. The van der Waals surface area contributed by atoms with E-state index < -0.39 is 28.9 Å². The SMILES string of the molecule is COC(=O)C1(C(C)C)OC1(C)c1ccccc1C(F)(F)F. The van der Waals surface area contributed by atoms with Crippen molar-refractivity contribution < 1.29 is 27.4 Å². The molecule has 0 saturated carbocycles. The number of benzene rings is 1. The number of ether oxygens (including phenoxy) is 2. The summed E-state index contributed by atoms with van der Waals surface area (Å²) in [5.41, 5.74) is -3.57. The topological polar surface area (TPSA) is 38.8 Å². The smallest absolute Gasteiger partial charge is 0.416 e. The van der Waals surface area contributed by atoms with E-state index in [1.54, 1.807) is 13.8 Å². The van der Waals surface area contributed by atoms with Crippen molar-refractivity contribution >= 4 is 5.97 Å². The first kappa shape index (κ1) is 15.8. The fraction of sp³-hybridized carbons (Fsp3) is 0.533. The van der Waals surface area contributed by atoms with Crippen LogP contribution in [-0.4, -0.2) is 18.7 Å². The lowest BCUT2D eigenvalue weighted by Crippen LogP contribution is -2.38. The zero-order valence-electron chi connectivity index (χ0n) is 12.2. The second-order valence-electron chi connectivity index (χ2n) is 5.56. The van der Waals surface area contributed by atoms with Crippen molar-refractivity contribution in [3.8, 4) is 0 Å². The van der Waals surface area contributed by atoms with Crippen LogP contribution in [0.25, 0.3) is 0 Å². The highest BCUT2D eigenvalue weighted by molar-refractivity contribution is 5.86. The van der Waals surface area contributed by atoms with E-state index in [1.165, 1.54) is 32.2 Å². The molecule has 1 aliphatic heterocycles. The lowest BCUT2D eigenvalue weighted by atomic mass is 9.79. The molecule has 0 spiro atoms. The summed E-state index contributed by atoms with van der Waals surface area (Å²) in [7, 11) is 1.20. The lowest BCUT2D eigenvalue weighted by molar-refractivity contribution is -0.149. The zero-order chi connectivity index (χ0) is 16.1. The Morgan fingerprint density at radius 1 is 1.29 bits per heavy atom. The fourth-order valence-corrected chi connectivity index (χ4v) is 2.99. The average molecular weight is 302 g/mol. The number of esters is 1. The Balaban J connectivity index is 2.56. The first-order valence-electron chi connectivity index (χ1n) is 6.56. The third-order valence-electron chi connectivity index (χ3n) is 4.08. The van der Waals surface area contributed by atoms with E-state index >= 15 is 0 Å². The normalized spacial score (nSPS) is 28.6. The molecule has 6 heteroatoms. The van der Waals surface area contributed by atoms with E-state index in [4.69, 9.17) is 9.47 Å². The summed E-state index contributed by atoms with van der Waals surface area (Å²) in [6.45, 7) is 4.94. The maximum absolute atomic E-state index is 13.2. The van der Waals surface area contributed by atoms with Crippen molar-refractivity contribution in [2.75, 3.05) is 7.11 Å². The van der Waals surface area contributed by atoms with Crippen molar-refractivity contribution in [1.82, 2.24) is 0 Å². The maximum Gasteiger partial charge on any atom is 0.416 e. The number of alkyl halides is 3. The molecule has 0 N–H and O–H groups in total. The van der Waals surface area contributed by atoms with Crippen LogP contribution in [0.5, 0.6) is 0 Å². The number of rotatable bonds is 3. The molecule has 0 bridgehead atoms. The highest BCUT2D eigenvalue weighted by Gasteiger charge is 2.76. The Bertz CT molecular complexity index is 568. The van der Waals surface area contributed by atoms with Crippen LogP contribution in [-0.2, 0) is 26.0 Å². The van der Waals surface area contributed by atoms with Gasteiger partial charge in [0, 0.05) is 0 Å². The van der Waals surface area contributed by atoms with Crippen LogP contribution in [0.3, 0.4) is 0 Å². The van der Waals surface area contributed by atoms with Gasteiger partial charge in [-0.1, -0.05) is 32.0 Å². The summed E-state index contributed by atoms with van der Waals surface area (Å²) in [6, 6.07) is 5.15. The molecule has 1 fully saturated rings. The van der Waals surface area contributed by atoms with Gasteiger partial charge in [0.15, 0.2) is 0 Å². The van der Waals surface area contributed by atoms with Gasteiger partial charge in [0.1, 0.15) is 5.60 Å². The van der Waals surface area contributed by atoms with Gasteiger partial charge in [-0.15, -0.1) is 0 Å². The van der Waals surface area contributed by atoms with Gasteiger partial charge in [-0.3, -0.25) is 0 Å². The van der Waals surface area contributed by atoms with Gasteiger partial charge in [-0.2, -0.15) is 13.2 Å². The van der Waals surface area contributed by atoms with Crippen molar-refractivity contribution in [2.24, 2.45) is 5.92 Å².